The van der Waals surface area contributed by atoms with Crippen LogP contribution in [-0.4, -0.2) is 20.4 Å². The second-order valence-corrected chi connectivity index (χ2v) is 6.35. The lowest BCUT2D eigenvalue weighted by Crippen LogP contribution is -2.16. The van der Waals surface area contributed by atoms with Gasteiger partial charge in [-0.25, -0.2) is 9.37 Å². The van der Waals surface area contributed by atoms with Crippen molar-refractivity contribution >= 4 is 11.6 Å². The first-order valence-electron chi connectivity index (χ1n) is 8.72. The molecule has 0 spiro atoms. The number of nitrogens with one attached hydrogen (secondary N) is 1. The monoisotopic (exact) mass is 372 g/mol. The van der Waals surface area contributed by atoms with E-state index in [1.165, 1.54) is 24.7 Å². The number of amides is 1. The second kappa shape index (κ2) is 7.44. The predicted molar refractivity (Wildman–Crippen MR) is 106 cm³/mol. The quantitative estimate of drug-likeness (QED) is 0.568. The smallest absolute Gasteiger partial charge is 0.274 e. The van der Waals surface area contributed by atoms with Crippen molar-refractivity contribution in [2.24, 2.45) is 0 Å². The molecule has 0 aliphatic carbocycles. The topological polar surface area (TPSA) is 59.8 Å². The summed E-state index contributed by atoms with van der Waals surface area (Å²) in [4.78, 5) is 21.1. The van der Waals surface area contributed by atoms with E-state index in [-0.39, 0.29) is 11.7 Å². The average molecular weight is 372 g/mol. The highest BCUT2D eigenvalue weighted by Crippen LogP contribution is 2.25. The molecule has 6 heteroatoms. The maximum atomic E-state index is 13.2. The van der Waals surface area contributed by atoms with Gasteiger partial charge >= 0.3 is 0 Å². The van der Waals surface area contributed by atoms with Crippen LogP contribution in [-0.2, 0) is 0 Å². The van der Waals surface area contributed by atoms with Crippen molar-refractivity contribution < 1.29 is 9.18 Å². The highest BCUT2D eigenvalue weighted by atomic mass is 19.1. The van der Waals surface area contributed by atoms with Crippen LogP contribution in [0.15, 0.2) is 79.5 Å². The number of nitrogens with zero attached hydrogens (tertiary/aromatic N) is 3. The van der Waals surface area contributed by atoms with Gasteiger partial charge < -0.3 is 5.32 Å². The van der Waals surface area contributed by atoms with Gasteiger partial charge in [-0.2, -0.15) is 0 Å². The summed E-state index contributed by atoms with van der Waals surface area (Å²) < 4.78 is 14.8. The zero-order valence-electron chi connectivity index (χ0n) is 15.1. The Morgan fingerprint density at radius 2 is 1.82 bits per heavy atom. The SMILES string of the molecule is Cc1ccc(-c2cccnc2)cc1NC(=O)c1cncn1-c1ccc(F)cc1. The van der Waals surface area contributed by atoms with Gasteiger partial charge in [-0.05, 0) is 54.4 Å². The van der Waals surface area contributed by atoms with Crippen molar-refractivity contribution in [2.75, 3.05) is 5.32 Å². The molecule has 2 aromatic heterocycles. The van der Waals surface area contributed by atoms with Crippen LogP contribution in [0.4, 0.5) is 10.1 Å². The summed E-state index contributed by atoms with van der Waals surface area (Å²) in [5.74, 6) is -0.633. The van der Waals surface area contributed by atoms with Crippen LogP contribution in [0.1, 0.15) is 16.1 Å². The van der Waals surface area contributed by atoms with Crippen molar-refractivity contribution in [1.29, 1.82) is 0 Å². The number of imidazole rings is 1. The number of rotatable bonds is 4. The first kappa shape index (κ1) is 17.6. The summed E-state index contributed by atoms with van der Waals surface area (Å²) in [6.07, 6.45) is 6.51. The highest BCUT2D eigenvalue weighted by Gasteiger charge is 2.15. The van der Waals surface area contributed by atoms with Gasteiger partial charge in [-0.3, -0.25) is 14.3 Å². The zero-order chi connectivity index (χ0) is 19.5. The minimum atomic E-state index is -0.335. The van der Waals surface area contributed by atoms with E-state index in [0.29, 0.717) is 17.1 Å². The molecule has 4 aromatic rings. The summed E-state index contributed by atoms with van der Waals surface area (Å²) in [5.41, 5.74) is 4.59. The van der Waals surface area contributed by atoms with Gasteiger partial charge in [-0.15, -0.1) is 0 Å². The van der Waals surface area contributed by atoms with E-state index in [1.54, 1.807) is 29.1 Å². The summed E-state index contributed by atoms with van der Waals surface area (Å²) in [6, 6.07) is 15.6. The lowest BCUT2D eigenvalue weighted by Gasteiger charge is -2.12. The normalized spacial score (nSPS) is 10.6. The molecule has 0 atom stereocenters. The minimum Gasteiger partial charge on any atom is -0.320 e. The third-order valence-electron chi connectivity index (χ3n) is 4.46. The Hall–Kier alpha value is -3.80. The first-order chi connectivity index (χ1) is 13.6. The number of hydrogen-bond donors (Lipinski definition) is 1. The van der Waals surface area contributed by atoms with Gasteiger partial charge in [0.15, 0.2) is 0 Å². The van der Waals surface area contributed by atoms with Crippen molar-refractivity contribution in [3.63, 3.8) is 0 Å². The number of anilines is 1. The number of aryl methyl sites for hydroxylation is 1. The molecular weight excluding hydrogens is 355 g/mol. The Labute approximate surface area is 161 Å². The van der Waals surface area contributed by atoms with Crippen molar-refractivity contribution in [3.8, 4) is 16.8 Å². The summed E-state index contributed by atoms with van der Waals surface area (Å²) in [5, 5.41) is 2.95. The first-order valence-corrected chi connectivity index (χ1v) is 8.72. The van der Waals surface area contributed by atoms with Crippen molar-refractivity contribution in [1.82, 2.24) is 14.5 Å². The Kier molecular flexibility index (Phi) is 4.68. The molecule has 0 fully saturated rings. The Morgan fingerprint density at radius 1 is 1.00 bits per heavy atom. The Bertz CT molecular complexity index is 1120. The van der Waals surface area contributed by atoms with Crippen LogP contribution in [0, 0.1) is 12.7 Å². The maximum Gasteiger partial charge on any atom is 0.274 e. The van der Waals surface area contributed by atoms with Crippen molar-refractivity contribution in [3.05, 3.63) is 96.6 Å². The molecule has 0 aliphatic rings. The zero-order valence-corrected chi connectivity index (χ0v) is 15.1. The molecule has 0 unspecified atom stereocenters. The molecule has 0 saturated carbocycles. The molecule has 28 heavy (non-hydrogen) atoms. The summed E-state index contributed by atoms with van der Waals surface area (Å²) in [7, 11) is 0. The number of carbonyl (C=O) groups excluding carboxylic acids is 1. The Balaban J connectivity index is 1.63. The molecule has 2 aromatic carbocycles. The van der Waals surface area contributed by atoms with Crippen LogP contribution in [0.5, 0.6) is 0 Å². The molecule has 1 amide bonds. The minimum absolute atomic E-state index is 0.298. The van der Waals surface area contributed by atoms with Crippen LogP contribution >= 0.6 is 0 Å². The van der Waals surface area contributed by atoms with Crippen LogP contribution in [0.25, 0.3) is 16.8 Å². The van der Waals surface area contributed by atoms with Gasteiger partial charge in [-0.1, -0.05) is 18.2 Å². The van der Waals surface area contributed by atoms with E-state index in [2.05, 4.69) is 15.3 Å². The lowest BCUT2D eigenvalue weighted by atomic mass is 10.0. The fourth-order valence-corrected chi connectivity index (χ4v) is 2.93. The molecular formula is C22H17FN4O. The Morgan fingerprint density at radius 3 is 2.57 bits per heavy atom. The number of aromatic nitrogens is 3. The summed E-state index contributed by atoms with van der Waals surface area (Å²) in [6.45, 7) is 1.93. The van der Waals surface area contributed by atoms with Gasteiger partial charge in [0.25, 0.3) is 5.91 Å². The molecule has 2 heterocycles. The lowest BCUT2D eigenvalue weighted by molar-refractivity contribution is 0.102. The highest BCUT2D eigenvalue weighted by molar-refractivity contribution is 6.04. The van der Waals surface area contributed by atoms with E-state index in [1.807, 2.05) is 37.3 Å². The van der Waals surface area contributed by atoms with E-state index in [0.717, 1.165) is 16.7 Å². The number of halogens is 1. The molecule has 138 valence electrons. The molecule has 0 bridgehead atoms. The molecule has 4 rings (SSSR count). The van der Waals surface area contributed by atoms with E-state index >= 15 is 0 Å². The maximum absolute atomic E-state index is 13.2. The van der Waals surface area contributed by atoms with E-state index < -0.39 is 0 Å². The number of hydrogen-bond acceptors (Lipinski definition) is 3. The van der Waals surface area contributed by atoms with Crippen LogP contribution < -0.4 is 5.32 Å². The predicted octanol–water partition coefficient (Wildman–Crippen LogP) is 4.63. The van der Waals surface area contributed by atoms with Gasteiger partial charge in [0.2, 0.25) is 0 Å². The summed E-state index contributed by atoms with van der Waals surface area (Å²) >= 11 is 0. The standard InChI is InChI=1S/C22H17FN4O/c1-15-4-5-16(17-3-2-10-24-12-17)11-20(15)26-22(28)21-13-25-14-27(21)19-8-6-18(23)7-9-19/h2-14H,1H3,(H,26,28). The molecule has 0 aliphatic heterocycles. The average Bonchev–Trinajstić information content (AvgIpc) is 3.21. The van der Waals surface area contributed by atoms with Crippen molar-refractivity contribution in [2.45, 2.75) is 6.92 Å². The van der Waals surface area contributed by atoms with Gasteiger partial charge in [0.05, 0.1) is 12.5 Å². The van der Waals surface area contributed by atoms with Crippen LogP contribution in [0.3, 0.4) is 0 Å². The van der Waals surface area contributed by atoms with Crippen LogP contribution in [0.2, 0.25) is 0 Å². The number of benzene rings is 2. The fourth-order valence-electron chi connectivity index (χ4n) is 2.93. The third kappa shape index (κ3) is 3.53. The van der Waals surface area contributed by atoms with Gasteiger partial charge in [0, 0.05) is 29.3 Å². The largest absolute Gasteiger partial charge is 0.320 e. The molecule has 0 radical (unpaired) electrons. The third-order valence-corrected chi connectivity index (χ3v) is 4.46. The second-order valence-electron chi connectivity index (χ2n) is 6.35. The molecule has 5 nitrogen and oxygen atoms in total. The number of pyridine rings is 1. The number of carbonyl (C=O) groups is 1. The van der Waals surface area contributed by atoms with Gasteiger partial charge in [0.1, 0.15) is 11.5 Å². The van der Waals surface area contributed by atoms with E-state index in [4.69, 9.17) is 0 Å². The molecule has 0 saturated heterocycles. The molecule has 1 N–H and O–H groups in total. The van der Waals surface area contributed by atoms with E-state index in [9.17, 15) is 9.18 Å². The fraction of sp³-hybridized carbons (Fsp3) is 0.0455.